The monoisotopic (exact) mass is 479 g/mol. The van der Waals surface area contributed by atoms with Crippen molar-refractivity contribution in [3.63, 3.8) is 0 Å². The molecule has 0 heterocycles. The molecule has 7 heteroatoms. The van der Waals surface area contributed by atoms with Crippen LogP contribution in [0.2, 0.25) is 0 Å². The maximum Gasteiger partial charge on any atom is 0.254 e. The summed E-state index contributed by atoms with van der Waals surface area (Å²) in [6, 6.07) is 12.9. The van der Waals surface area contributed by atoms with E-state index < -0.39 is 0 Å². The topological polar surface area (TPSA) is 93.9 Å². The lowest BCUT2D eigenvalue weighted by Crippen LogP contribution is -2.51. The van der Waals surface area contributed by atoms with Gasteiger partial charge in [-0.15, -0.1) is 0 Å². The first kappa shape index (κ1) is 25.0. The van der Waals surface area contributed by atoms with E-state index in [2.05, 4.69) is 5.32 Å². The van der Waals surface area contributed by atoms with Crippen molar-refractivity contribution in [1.82, 2.24) is 4.90 Å². The molecule has 7 nitrogen and oxygen atoms in total. The van der Waals surface area contributed by atoms with Gasteiger partial charge in [0.2, 0.25) is 5.91 Å². The molecule has 0 aliphatic heterocycles. The number of benzene rings is 2. The second kappa shape index (κ2) is 11.6. The first-order valence-corrected chi connectivity index (χ1v) is 12.7. The highest BCUT2D eigenvalue weighted by atomic mass is 16.5. The molecule has 35 heavy (non-hydrogen) atoms. The van der Waals surface area contributed by atoms with Gasteiger partial charge in [0, 0.05) is 35.8 Å². The highest BCUT2D eigenvalue weighted by Gasteiger charge is 2.32. The standard InChI is InChI=1S/C28H37N3O4/c1-34-25-15-14-21(17-26(25)35-2)28(33)31(24-13-6-5-12-23(24)29)18-19-8-7-11-22(16-19)30-27(32)20-9-3-4-10-20/h7-8,11,14-17,20,23-24H,3-6,9-10,12-13,18,29H2,1-2H3,(H,30,32). The average molecular weight is 480 g/mol. The van der Waals surface area contributed by atoms with E-state index in [0.29, 0.717) is 23.6 Å². The van der Waals surface area contributed by atoms with Crippen LogP contribution >= 0.6 is 0 Å². The van der Waals surface area contributed by atoms with Crippen molar-refractivity contribution < 1.29 is 19.1 Å². The Bertz CT molecular complexity index is 1030. The van der Waals surface area contributed by atoms with Crippen LogP contribution < -0.4 is 20.5 Å². The van der Waals surface area contributed by atoms with Crippen LogP contribution in [0.15, 0.2) is 42.5 Å². The minimum absolute atomic E-state index is 0.0546. The zero-order valence-electron chi connectivity index (χ0n) is 20.8. The minimum Gasteiger partial charge on any atom is -0.493 e. The van der Waals surface area contributed by atoms with E-state index in [1.165, 1.54) is 0 Å². The van der Waals surface area contributed by atoms with Gasteiger partial charge < -0.3 is 25.4 Å². The van der Waals surface area contributed by atoms with Crippen molar-refractivity contribution in [2.45, 2.75) is 70.0 Å². The molecule has 188 valence electrons. The Balaban J connectivity index is 1.58. The molecule has 4 rings (SSSR count). The van der Waals surface area contributed by atoms with Crippen LogP contribution in [0.1, 0.15) is 67.3 Å². The third kappa shape index (κ3) is 5.96. The number of nitrogens with zero attached hydrogens (tertiary/aromatic N) is 1. The van der Waals surface area contributed by atoms with Crippen LogP contribution in [0, 0.1) is 5.92 Å². The lowest BCUT2D eigenvalue weighted by atomic mass is 9.89. The van der Waals surface area contributed by atoms with Gasteiger partial charge in [0.05, 0.1) is 14.2 Å². The summed E-state index contributed by atoms with van der Waals surface area (Å²) in [5.74, 6) is 1.20. The maximum absolute atomic E-state index is 13.8. The van der Waals surface area contributed by atoms with E-state index in [1.54, 1.807) is 32.4 Å². The summed E-state index contributed by atoms with van der Waals surface area (Å²) in [7, 11) is 3.14. The number of carbonyl (C=O) groups excluding carboxylic acids is 2. The van der Waals surface area contributed by atoms with Gasteiger partial charge in [-0.05, 0) is 61.6 Å². The molecule has 0 bridgehead atoms. The lowest BCUT2D eigenvalue weighted by molar-refractivity contribution is -0.119. The molecule has 0 saturated heterocycles. The molecule has 2 atom stereocenters. The molecule has 2 saturated carbocycles. The largest absolute Gasteiger partial charge is 0.493 e. The van der Waals surface area contributed by atoms with Crippen LogP contribution in [-0.4, -0.2) is 43.0 Å². The number of anilines is 1. The summed E-state index contributed by atoms with van der Waals surface area (Å²) in [5, 5.41) is 3.08. The first-order valence-electron chi connectivity index (χ1n) is 12.7. The van der Waals surface area contributed by atoms with Gasteiger partial charge in [-0.3, -0.25) is 9.59 Å². The van der Waals surface area contributed by atoms with Gasteiger partial charge in [0.1, 0.15) is 0 Å². The summed E-state index contributed by atoms with van der Waals surface area (Å²) in [4.78, 5) is 28.3. The van der Waals surface area contributed by atoms with Gasteiger partial charge in [-0.1, -0.05) is 37.8 Å². The van der Waals surface area contributed by atoms with Crippen molar-refractivity contribution >= 4 is 17.5 Å². The molecule has 2 aromatic rings. The van der Waals surface area contributed by atoms with Crippen LogP contribution in [-0.2, 0) is 11.3 Å². The van der Waals surface area contributed by atoms with E-state index in [-0.39, 0.29) is 29.8 Å². The fraction of sp³-hybridized carbons (Fsp3) is 0.500. The number of hydrogen-bond acceptors (Lipinski definition) is 5. The number of nitrogens with one attached hydrogen (secondary N) is 1. The van der Waals surface area contributed by atoms with Crippen LogP contribution in [0.25, 0.3) is 0 Å². The van der Waals surface area contributed by atoms with Crippen LogP contribution in [0.5, 0.6) is 11.5 Å². The Morgan fingerprint density at radius 3 is 2.37 bits per heavy atom. The quantitative estimate of drug-likeness (QED) is 0.570. The van der Waals surface area contributed by atoms with Gasteiger partial charge >= 0.3 is 0 Å². The van der Waals surface area contributed by atoms with Crippen molar-refractivity contribution in [1.29, 1.82) is 0 Å². The third-order valence-corrected chi connectivity index (χ3v) is 7.35. The minimum atomic E-state index is -0.0892. The van der Waals surface area contributed by atoms with Gasteiger partial charge in [-0.25, -0.2) is 0 Å². The molecule has 2 fully saturated rings. The van der Waals surface area contributed by atoms with E-state index in [9.17, 15) is 9.59 Å². The Kier molecular flexibility index (Phi) is 8.29. The molecular weight excluding hydrogens is 442 g/mol. The average Bonchev–Trinajstić information content (AvgIpc) is 3.42. The number of methoxy groups -OCH3 is 2. The summed E-state index contributed by atoms with van der Waals surface area (Å²) >= 11 is 0. The van der Waals surface area contributed by atoms with Crippen molar-refractivity contribution in [3.8, 4) is 11.5 Å². The van der Waals surface area contributed by atoms with Crippen LogP contribution in [0.3, 0.4) is 0 Å². The molecule has 2 aromatic carbocycles. The second-order valence-corrected chi connectivity index (χ2v) is 9.69. The molecule has 0 spiro atoms. The Morgan fingerprint density at radius 2 is 1.66 bits per heavy atom. The molecule has 2 amide bonds. The number of nitrogens with two attached hydrogens (primary N) is 1. The normalized spacial score (nSPS) is 20.3. The number of ether oxygens (including phenoxy) is 2. The molecule has 2 unspecified atom stereocenters. The number of amides is 2. The SMILES string of the molecule is COc1ccc(C(=O)N(Cc2cccc(NC(=O)C3CCCC3)c2)C2CCCCC2N)cc1OC. The summed E-state index contributed by atoms with van der Waals surface area (Å²) in [6.07, 6.45) is 8.05. The van der Waals surface area contributed by atoms with Crippen molar-refractivity contribution in [2.24, 2.45) is 11.7 Å². The second-order valence-electron chi connectivity index (χ2n) is 9.69. The molecule has 0 aromatic heterocycles. The Hall–Kier alpha value is -3.06. The van der Waals surface area contributed by atoms with E-state index >= 15 is 0 Å². The molecule has 3 N–H and O–H groups in total. The first-order chi connectivity index (χ1) is 17.0. The van der Waals surface area contributed by atoms with Gasteiger partial charge in [0.25, 0.3) is 5.91 Å². The summed E-state index contributed by atoms with van der Waals surface area (Å²) in [5.41, 5.74) is 8.78. The third-order valence-electron chi connectivity index (χ3n) is 7.35. The van der Waals surface area contributed by atoms with Crippen LogP contribution in [0.4, 0.5) is 5.69 Å². The molecule has 2 aliphatic rings. The number of hydrogen-bond donors (Lipinski definition) is 2. The number of rotatable bonds is 8. The summed E-state index contributed by atoms with van der Waals surface area (Å²) in [6.45, 7) is 0.415. The Labute approximate surface area is 208 Å². The zero-order chi connectivity index (χ0) is 24.8. The van der Waals surface area contributed by atoms with Crippen molar-refractivity contribution in [2.75, 3.05) is 19.5 Å². The molecular formula is C28H37N3O4. The fourth-order valence-corrected chi connectivity index (χ4v) is 5.38. The van der Waals surface area contributed by atoms with E-state index in [4.69, 9.17) is 15.2 Å². The predicted octanol–water partition coefficient (Wildman–Crippen LogP) is 4.74. The fourth-order valence-electron chi connectivity index (χ4n) is 5.38. The van der Waals surface area contributed by atoms with Gasteiger partial charge in [-0.2, -0.15) is 0 Å². The molecule has 0 radical (unpaired) electrons. The zero-order valence-corrected chi connectivity index (χ0v) is 20.8. The van der Waals surface area contributed by atoms with Gasteiger partial charge in [0.15, 0.2) is 11.5 Å². The predicted molar refractivity (Wildman–Crippen MR) is 137 cm³/mol. The maximum atomic E-state index is 13.8. The molecule has 2 aliphatic carbocycles. The summed E-state index contributed by atoms with van der Waals surface area (Å²) < 4.78 is 10.8. The smallest absolute Gasteiger partial charge is 0.254 e. The highest BCUT2D eigenvalue weighted by Crippen LogP contribution is 2.31. The number of carbonyl (C=O) groups is 2. The lowest BCUT2D eigenvalue weighted by Gasteiger charge is -2.38. The highest BCUT2D eigenvalue weighted by molar-refractivity contribution is 5.95. The van der Waals surface area contributed by atoms with E-state index in [0.717, 1.165) is 62.6 Å². The van der Waals surface area contributed by atoms with Crippen molar-refractivity contribution in [3.05, 3.63) is 53.6 Å². The Morgan fingerprint density at radius 1 is 0.943 bits per heavy atom. The van der Waals surface area contributed by atoms with E-state index in [1.807, 2.05) is 29.2 Å².